The van der Waals surface area contributed by atoms with Crippen LogP contribution in [0.2, 0.25) is 0 Å². The molecule has 2 heteroatoms. The van der Waals surface area contributed by atoms with Gasteiger partial charge in [-0.05, 0) is 37.1 Å². The van der Waals surface area contributed by atoms with E-state index in [0.29, 0.717) is 0 Å². The molecule has 1 aliphatic heterocycles. The second kappa shape index (κ2) is 5.22. The van der Waals surface area contributed by atoms with Crippen LogP contribution in [-0.2, 0) is 10.8 Å². The minimum Gasteiger partial charge on any atom is -0.249 e. The van der Waals surface area contributed by atoms with Crippen LogP contribution in [0.4, 0.5) is 0 Å². The number of allylic oxidation sites excluding steroid dienone is 2. The van der Waals surface area contributed by atoms with Gasteiger partial charge in [0.2, 0.25) is 0 Å². The first-order chi connectivity index (χ1) is 9.65. The van der Waals surface area contributed by atoms with Gasteiger partial charge in [0.1, 0.15) is 0 Å². The summed E-state index contributed by atoms with van der Waals surface area (Å²) in [6.07, 6.45) is 3.94. The molecule has 2 aromatic carbocycles. The van der Waals surface area contributed by atoms with Crippen molar-refractivity contribution in [3.05, 3.63) is 82.9 Å². The lowest BCUT2D eigenvalue weighted by atomic mass is 10.1. The molecule has 0 radical (unpaired) electrons. The molecule has 1 nitrogen and oxygen atoms in total. The Kier molecular flexibility index (Phi) is 3.41. The van der Waals surface area contributed by atoms with E-state index in [9.17, 15) is 4.21 Å². The van der Waals surface area contributed by atoms with Gasteiger partial charge >= 0.3 is 0 Å². The lowest BCUT2D eigenvalue weighted by Crippen LogP contribution is -1.94. The molecule has 0 atom stereocenters. The molecule has 0 N–H and O–H groups in total. The van der Waals surface area contributed by atoms with Crippen molar-refractivity contribution in [2.75, 3.05) is 0 Å². The zero-order chi connectivity index (χ0) is 14.1. The van der Waals surface area contributed by atoms with Gasteiger partial charge in [-0.2, -0.15) is 0 Å². The number of hydrogen-bond donors (Lipinski definition) is 0. The van der Waals surface area contributed by atoms with Crippen molar-refractivity contribution >= 4 is 20.6 Å². The average Bonchev–Trinajstić information content (AvgIpc) is 2.83. The fourth-order valence-electron chi connectivity index (χ4n) is 2.24. The molecular weight excluding hydrogens is 264 g/mol. The summed E-state index contributed by atoms with van der Waals surface area (Å²) >= 11 is 0. The normalized spacial score (nSPS) is 15.1. The van der Waals surface area contributed by atoms with E-state index in [1.165, 1.54) is 11.1 Å². The standard InChI is InChI=1S/C18H16OS/c1-13-3-7-15(8-4-13)17-11-12-18(20(17)19)16-9-5-14(2)6-10-16/h3-12H,1-2H3. The Morgan fingerprint density at radius 1 is 0.650 bits per heavy atom. The van der Waals surface area contributed by atoms with Crippen LogP contribution in [0.15, 0.2) is 60.7 Å². The van der Waals surface area contributed by atoms with Gasteiger partial charge in [0.15, 0.2) is 0 Å². The largest absolute Gasteiger partial charge is 0.249 e. The maximum absolute atomic E-state index is 12.7. The molecule has 0 bridgehead atoms. The molecule has 1 heterocycles. The summed E-state index contributed by atoms with van der Waals surface area (Å²) in [5, 5.41) is 0. The number of hydrogen-bond acceptors (Lipinski definition) is 1. The summed E-state index contributed by atoms with van der Waals surface area (Å²) in [7, 11) is -1.09. The lowest BCUT2D eigenvalue weighted by Gasteiger charge is -2.07. The fourth-order valence-corrected chi connectivity index (χ4v) is 3.56. The van der Waals surface area contributed by atoms with Gasteiger partial charge in [-0.15, -0.1) is 0 Å². The van der Waals surface area contributed by atoms with Crippen LogP contribution in [-0.4, -0.2) is 4.21 Å². The van der Waals surface area contributed by atoms with Crippen molar-refractivity contribution in [1.29, 1.82) is 0 Å². The highest BCUT2D eigenvalue weighted by Gasteiger charge is 2.20. The molecule has 0 saturated heterocycles. The first-order valence-corrected chi connectivity index (χ1v) is 7.78. The molecule has 0 amide bonds. The Morgan fingerprint density at radius 3 is 1.35 bits per heavy atom. The van der Waals surface area contributed by atoms with Crippen LogP contribution in [0.1, 0.15) is 22.3 Å². The third-order valence-corrected chi connectivity index (χ3v) is 5.00. The summed E-state index contributed by atoms with van der Waals surface area (Å²) in [6.45, 7) is 4.11. The second-order valence-electron chi connectivity index (χ2n) is 5.06. The van der Waals surface area contributed by atoms with Gasteiger partial charge in [0.05, 0.1) is 20.6 Å². The van der Waals surface area contributed by atoms with Crippen molar-refractivity contribution < 1.29 is 4.21 Å². The van der Waals surface area contributed by atoms with Crippen molar-refractivity contribution in [3.8, 4) is 0 Å². The monoisotopic (exact) mass is 280 g/mol. The van der Waals surface area contributed by atoms with E-state index in [2.05, 4.69) is 38.1 Å². The van der Waals surface area contributed by atoms with E-state index in [1.54, 1.807) is 0 Å². The zero-order valence-electron chi connectivity index (χ0n) is 11.6. The average molecular weight is 280 g/mol. The van der Waals surface area contributed by atoms with Crippen LogP contribution in [0.3, 0.4) is 0 Å². The van der Waals surface area contributed by atoms with E-state index in [0.717, 1.165) is 20.9 Å². The number of rotatable bonds is 2. The third kappa shape index (κ3) is 2.39. The molecule has 20 heavy (non-hydrogen) atoms. The molecule has 0 aromatic heterocycles. The first kappa shape index (κ1) is 13.1. The molecule has 0 unspecified atom stereocenters. The summed E-state index contributed by atoms with van der Waals surface area (Å²) in [6, 6.07) is 16.3. The zero-order valence-corrected chi connectivity index (χ0v) is 12.4. The molecule has 2 aromatic rings. The van der Waals surface area contributed by atoms with Gasteiger partial charge in [-0.3, -0.25) is 0 Å². The predicted molar refractivity (Wildman–Crippen MR) is 86.5 cm³/mol. The molecule has 0 spiro atoms. The molecule has 1 aliphatic rings. The van der Waals surface area contributed by atoms with Crippen molar-refractivity contribution in [2.24, 2.45) is 0 Å². The fraction of sp³-hybridized carbons (Fsp3) is 0.111. The summed E-state index contributed by atoms with van der Waals surface area (Å²) < 4.78 is 12.7. The molecule has 0 fully saturated rings. The highest BCUT2D eigenvalue weighted by Crippen LogP contribution is 2.34. The van der Waals surface area contributed by atoms with Gasteiger partial charge in [-0.1, -0.05) is 59.7 Å². The van der Waals surface area contributed by atoms with Gasteiger partial charge in [-0.25, -0.2) is 4.21 Å². The SMILES string of the molecule is Cc1ccc(C2=CC=C(c3ccc(C)cc3)S2=O)cc1. The molecular formula is C18H16OS. The topological polar surface area (TPSA) is 17.1 Å². The van der Waals surface area contributed by atoms with Crippen LogP contribution in [0, 0.1) is 13.8 Å². The molecule has 3 rings (SSSR count). The maximum Gasteiger partial charge on any atom is 0.0861 e. The Morgan fingerprint density at radius 2 is 1.00 bits per heavy atom. The van der Waals surface area contributed by atoms with E-state index in [-0.39, 0.29) is 0 Å². The smallest absolute Gasteiger partial charge is 0.0861 e. The minimum atomic E-state index is -1.09. The number of benzene rings is 2. The van der Waals surface area contributed by atoms with Crippen LogP contribution < -0.4 is 0 Å². The highest BCUT2D eigenvalue weighted by atomic mass is 32.2. The lowest BCUT2D eigenvalue weighted by molar-refractivity contribution is 0.694. The summed E-state index contributed by atoms with van der Waals surface area (Å²) in [5.74, 6) is 0. The molecule has 0 aliphatic carbocycles. The third-order valence-electron chi connectivity index (χ3n) is 3.46. The van der Waals surface area contributed by atoms with Crippen molar-refractivity contribution in [2.45, 2.75) is 13.8 Å². The number of aryl methyl sites for hydroxylation is 2. The first-order valence-electron chi connectivity index (χ1n) is 6.63. The van der Waals surface area contributed by atoms with E-state index < -0.39 is 10.8 Å². The highest BCUT2D eigenvalue weighted by molar-refractivity contribution is 8.03. The van der Waals surface area contributed by atoms with Crippen molar-refractivity contribution in [1.82, 2.24) is 0 Å². The summed E-state index contributed by atoms with van der Waals surface area (Å²) in [4.78, 5) is 1.78. The van der Waals surface area contributed by atoms with Crippen molar-refractivity contribution in [3.63, 3.8) is 0 Å². The van der Waals surface area contributed by atoms with Gasteiger partial charge in [0.25, 0.3) is 0 Å². The Balaban J connectivity index is 1.89. The van der Waals surface area contributed by atoms with Gasteiger partial charge in [0, 0.05) is 0 Å². The quantitative estimate of drug-likeness (QED) is 0.794. The Hall–Kier alpha value is -1.93. The second-order valence-corrected chi connectivity index (χ2v) is 6.48. The van der Waals surface area contributed by atoms with E-state index >= 15 is 0 Å². The Bertz CT molecular complexity index is 656. The molecule has 0 saturated carbocycles. The molecule has 100 valence electrons. The van der Waals surface area contributed by atoms with Crippen LogP contribution in [0.25, 0.3) is 9.81 Å². The Labute approximate surface area is 122 Å². The van der Waals surface area contributed by atoms with E-state index in [1.807, 2.05) is 36.4 Å². The predicted octanol–water partition coefficient (Wildman–Crippen LogP) is 4.45. The minimum absolute atomic E-state index is 0.889. The van der Waals surface area contributed by atoms with E-state index in [4.69, 9.17) is 0 Å². The summed E-state index contributed by atoms with van der Waals surface area (Å²) in [5.41, 5.74) is 4.49. The van der Waals surface area contributed by atoms with Crippen LogP contribution in [0.5, 0.6) is 0 Å². The maximum atomic E-state index is 12.7. The van der Waals surface area contributed by atoms with Crippen LogP contribution >= 0.6 is 0 Å². The van der Waals surface area contributed by atoms with Gasteiger partial charge < -0.3 is 0 Å².